The normalized spacial score (nSPS) is 20.0. The molecule has 2 amide bonds. The van der Waals surface area contributed by atoms with Crippen molar-refractivity contribution < 1.29 is 9.59 Å². The van der Waals surface area contributed by atoms with Crippen LogP contribution in [0.15, 0.2) is 0 Å². The molecule has 0 bridgehead atoms. The van der Waals surface area contributed by atoms with Gasteiger partial charge in [-0.05, 0) is 19.3 Å². The van der Waals surface area contributed by atoms with E-state index in [0.717, 1.165) is 55.2 Å². The van der Waals surface area contributed by atoms with E-state index in [9.17, 15) is 9.59 Å². The van der Waals surface area contributed by atoms with Crippen molar-refractivity contribution in [2.24, 2.45) is 0 Å². The van der Waals surface area contributed by atoms with E-state index in [0.29, 0.717) is 12.8 Å². The predicted octanol–water partition coefficient (Wildman–Crippen LogP) is 2.06. The Morgan fingerprint density at radius 1 is 0.737 bits per heavy atom. The van der Waals surface area contributed by atoms with Crippen LogP contribution in [0.4, 0.5) is 0 Å². The Morgan fingerprint density at radius 2 is 1.16 bits per heavy atom. The molecule has 0 saturated carbocycles. The molecule has 2 fully saturated rings. The molecule has 2 aliphatic rings. The van der Waals surface area contributed by atoms with Crippen LogP contribution in [0, 0.1) is 0 Å². The minimum atomic E-state index is 0.154. The number of amides is 2. The van der Waals surface area contributed by atoms with Gasteiger partial charge in [-0.1, -0.05) is 24.4 Å². The molecule has 0 spiro atoms. The van der Waals surface area contributed by atoms with Gasteiger partial charge in [0.15, 0.2) is 0 Å². The zero-order valence-electron chi connectivity index (χ0n) is 10.9. The van der Waals surface area contributed by atoms with Crippen LogP contribution in [0.3, 0.4) is 0 Å². The second-order valence-corrected chi connectivity index (χ2v) is 5.88. The molecule has 19 heavy (non-hydrogen) atoms. The first kappa shape index (κ1) is 14.5. The first-order valence-electron chi connectivity index (χ1n) is 6.76. The largest absolute Gasteiger partial charge is 0.307 e. The number of carbonyl (C=O) groups excluding carboxylic acids is 2. The lowest BCUT2D eigenvalue weighted by atomic mass is 10.2. The van der Waals surface area contributed by atoms with Crippen LogP contribution in [0.5, 0.6) is 0 Å². The van der Waals surface area contributed by atoms with Crippen LogP contribution in [-0.4, -0.2) is 44.7 Å². The number of carbonyl (C=O) groups is 2. The standard InChI is InChI=1S/C13H18N2O2S2/c16-10-4-6-12(18)14(10)8-2-1-3-9-15-11(17)5-7-13(15)19/h1-9H2. The molecule has 0 aliphatic carbocycles. The lowest BCUT2D eigenvalue weighted by molar-refractivity contribution is -0.126. The van der Waals surface area contributed by atoms with E-state index >= 15 is 0 Å². The monoisotopic (exact) mass is 298 g/mol. The fraction of sp³-hybridized carbons (Fsp3) is 0.692. The summed E-state index contributed by atoms with van der Waals surface area (Å²) in [6.45, 7) is 1.44. The summed E-state index contributed by atoms with van der Waals surface area (Å²) in [5.74, 6) is 0.307. The lowest BCUT2D eigenvalue weighted by Crippen LogP contribution is -2.30. The van der Waals surface area contributed by atoms with Crippen molar-refractivity contribution in [2.75, 3.05) is 13.1 Å². The molecule has 0 aromatic rings. The van der Waals surface area contributed by atoms with Crippen molar-refractivity contribution in [3.05, 3.63) is 0 Å². The summed E-state index contributed by atoms with van der Waals surface area (Å²) in [6, 6.07) is 0. The zero-order valence-corrected chi connectivity index (χ0v) is 12.5. The van der Waals surface area contributed by atoms with Crippen LogP contribution >= 0.6 is 24.4 Å². The number of thiocarbonyl (C=S) groups is 2. The summed E-state index contributed by atoms with van der Waals surface area (Å²) in [5, 5.41) is 0. The maximum atomic E-state index is 11.5. The summed E-state index contributed by atoms with van der Waals surface area (Å²) in [7, 11) is 0. The Hall–Kier alpha value is -0.880. The van der Waals surface area contributed by atoms with Crippen molar-refractivity contribution in [2.45, 2.75) is 44.9 Å². The molecule has 2 aliphatic heterocycles. The third kappa shape index (κ3) is 3.57. The van der Waals surface area contributed by atoms with Gasteiger partial charge in [-0.3, -0.25) is 9.59 Å². The average molecular weight is 298 g/mol. The highest BCUT2D eigenvalue weighted by atomic mass is 32.1. The first-order valence-corrected chi connectivity index (χ1v) is 7.57. The molecule has 0 radical (unpaired) electrons. The van der Waals surface area contributed by atoms with E-state index in [-0.39, 0.29) is 11.8 Å². The molecule has 6 heteroatoms. The molecule has 2 heterocycles. The van der Waals surface area contributed by atoms with Gasteiger partial charge in [0, 0.05) is 38.8 Å². The number of hydrogen-bond acceptors (Lipinski definition) is 4. The predicted molar refractivity (Wildman–Crippen MR) is 80.9 cm³/mol. The minimum Gasteiger partial charge on any atom is -0.307 e. The van der Waals surface area contributed by atoms with E-state index in [2.05, 4.69) is 0 Å². The molecule has 2 rings (SSSR count). The Kier molecular flexibility index (Phi) is 4.99. The van der Waals surface area contributed by atoms with Crippen LogP contribution in [0.2, 0.25) is 0 Å². The molecule has 0 N–H and O–H groups in total. The number of likely N-dealkylation sites (tertiary alicyclic amines) is 2. The van der Waals surface area contributed by atoms with Gasteiger partial charge in [0.1, 0.15) is 0 Å². The van der Waals surface area contributed by atoms with Gasteiger partial charge in [-0.25, -0.2) is 0 Å². The first-order chi connectivity index (χ1) is 9.09. The lowest BCUT2D eigenvalue weighted by Gasteiger charge is -2.17. The van der Waals surface area contributed by atoms with E-state index in [1.165, 1.54) is 0 Å². The summed E-state index contributed by atoms with van der Waals surface area (Å²) < 4.78 is 0. The summed E-state index contributed by atoms with van der Waals surface area (Å²) in [4.78, 5) is 28.0. The van der Waals surface area contributed by atoms with Crippen LogP contribution in [-0.2, 0) is 9.59 Å². The SMILES string of the molecule is O=C1CCC(=S)N1CCCCCN1C(=O)CCC1=S. The number of rotatable bonds is 6. The quantitative estimate of drug-likeness (QED) is 0.556. The van der Waals surface area contributed by atoms with Crippen molar-refractivity contribution in [3.63, 3.8) is 0 Å². The number of nitrogens with zero attached hydrogens (tertiary/aromatic N) is 2. The Bertz CT molecular complexity index is 353. The Labute approximate surface area is 124 Å². The molecule has 0 aromatic heterocycles. The summed E-state index contributed by atoms with van der Waals surface area (Å²) in [5.41, 5.74) is 0. The van der Waals surface area contributed by atoms with E-state index in [4.69, 9.17) is 24.4 Å². The fourth-order valence-electron chi connectivity index (χ4n) is 2.46. The molecule has 0 aromatic carbocycles. The summed E-state index contributed by atoms with van der Waals surface area (Å²) >= 11 is 10.3. The average Bonchev–Trinajstić information content (AvgIpc) is 2.86. The van der Waals surface area contributed by atoms with Crippen molar-refractivity contribution in [1.82, 2.24) is 9.80 Å². The molecule has 0 unspecified atom stereocenters. The van der Waals surface area contributed by atoms with Crippen molar-refractivity contribution in [3.8, 4) is 0 Å². The van der Waals surface area contributed by atoms with Gasteiger partial charge in [0.05, 0.1) is 9.98 Å². The van der Waals surface area contributed by atoms with Gasteiger partial charge in [-0.15, -0.1) is 0 Å². The maximum Gasteiger partial charge on any atom is 0.227 e. The molecular weight excluding hydrogens is 280 g/mol. The highest BCUT2D eigenvalue weighted by Crippen LogP contribution is 2.16. The van der Waals surface area contributed by atoms with E-state index in [1.54, 1.807) is 9.80 Å². The van der Waals surface area contributed by atoms with Crippen LogP contribution < -0.4 is 0 Å². The van der Waals surface area contributed by atoms with E-state index < -0.39 is 0 Å². The second kappa shape index (κ2) is 6.52. The van der Waals surface area contributed by atoms with Gasteiger partial charge in [-0.2, -0.15) is 0 Å². The number of hydrogen-bond donors (Lipinski definition) is 0. The van der Waals surface area contributed by atoms with Crippen LogP contribution in [0.25, 0.3) is 0 Å². The van der Waals surface area contributed by atoms with Crippen molar-refractivity contribution >= 4 is 46.2 Å². The topological polar surface area (TPSA) is 40.6 Å². The highest BCUT2D eigenvalue weighted by Gasteiger charge is 2.26. The molecule has 4 nitrogen and oxygen atoms in total. The van der Waals surface area contributed by atoms with Gasteiger partial charge in [0.2, 0.25) is 11.8 Å². The third-order valence-corrected chi connectivity index (χ3v) is 4.42. The minimum absolute atomic E-state index is 0.154. The van der Waals surface area contributed by atoms with Gasteiger partial charge in [0.25, 0.3) is 0 Å². The van der Waals surface area contributed by atoms with Crippen LogP contribution in [0.1, 0.15) is 44.9 Å². The zero-order chi connectivity index (χ0) is 13.8. The van der Waals surface area contributed by atoms with E-state index in [1.807, 2.05) is 0 Å². The molecule has 2 saturated heterocycles. The fourth-order valence-corrected chi connectivity index (χ4v) is 3.05. The highest BCUT2D eigenvalue weighted by molar-refractivity contribution is 7.80. The van der Waals surface area contributed by atoms with Crippen molar-refractivity contribution in [1.29, 1.82) is 0 Å². The second-order valence-electron chi connectivity index (χ2n) is 4.94. The Morgan fingerprint density at radius 3 is 1.47 bits per heavy atom. The molecule has 0 atom stereocenters. The van der Waals surface area contributed by atoms with Gasteiger partial charge < -0.3 is 9.80 Å². The van der Waals surface area contributed by atoms with Gasteiger partial charge >= 0.3 is 0 Å². The number of unbranched alkanes of at least 4 members (excludes halogenated alkanes) is 2. The third-order valence-electron chi connectivity index (χ3n) is 3.57. The summed E-state index contributed by atoms with van der Waals surface area (Å²) in [6.07, 6.45) is 5.43. The molecule has 104 valence electrons. The molecular formula is C13H18N2O2S2. The Balaban J connectivity index is 1.62. The smallest absolute Gasteiger partial charge is 0.227 e. The maximum absolute atomic E-state index is 11.5.